The van der Waals surface area contributed by atoms with Crippen molar-refractivity contribution < 1.29 is 9.59 Å². The van der Waals surface area contributed by atoms with Crippen LogP contribution in [0.5, 0.6) is 0 Å². The van der Waals surface area contributed by atoms with Gasteiger partial charge in [0, 0.05) is 31.6 Å². The Morgan fingerprint density at radius 3 is 2.52 bits per heavy atom. The lowest BCUT2D eigenvalue weighted by molar-refractivity contribution is -0.123. The van der Waals surface area contributed by atoms with Gasteiger partial charge in [-0.05, 0) is 12.5 Å². The second kappa shape index (κ2) is 8.18. The molecule has 1 rings (SSSR count). The second-order valence-corrected chi connectivity index (χ2v) is 4.98. The van der Waals surface area contributed by atoms with Gasteiger partial charge in [-0.15, -0.1) is 0 Å². The van der Waals surface area contributed by atoms with Crippen LogP contribution in [0.25, 0.3) is 0 Å². The van der Waals surface area contributed by atoms with Gasteiger partial charge in [-0.2, -0.15) is 5.10 Å². The molecule has 0 radical (unpaired) electrons. The molecule has 0 unspecified atom stereocenters. The zero-order valence-corrected chi connectivity index (χ0v) is 12.7. The minimum atomic E-state index is -0.362. The molecule has 2 N–H and O–H groups in total. The van der Waals surface area contributed by atoms with Crippen molar-refractivity contribution in [3.05, 3.63) is 28.2 Å². The molecule has 116 valence electrons. The lowest BCUT2D eigenvalue weighted by Crippen LogP contribution is -2.37. The number of nitrogens with one attached hydrogen (secondary N) is 2. The van der Waals surface area contributed by atoms with Crippen LogP contribution < -0.4 is 16.2 Å². The van der Waals surface area contributed by atoms with Crippen molar-refractivity contribution in [3.63, 3.8) is 0 Å². The molecule has 0 atom stereocenters. The lowest BCUT2D eigenvalue weighted by atomic mass is 10.2. The fourth-order valence-corrected chi connectivity index (χ4v) is 1.60. The molecule has 0 aliphatic carbocycles. The molecule has 1 aromatic rings. The molecule has 7 nitrogen and oxygen atoms in total. The largest absolute Gasteiger partial charge is 0.354 e. The van der Waals surface area contributed by atoms with Gasteiger partial charge in [0.2, 0.25) is 5.91 Å². The molecule has 0 aliphatic rings. The molecule has 21 heavy (non-hydrogen) atoms. The number of nitrogens with zero attached hydrogens (tertiary/aromatic N) is 2. The van der Waals surface area contributed by atoms with Gasteiger partial charge >= 0.3 is 0 Å². The van der Waals surface area contributed by atoms with E-state index < -0.39 is 0 Å². The summed E-state index contributed by atoms with van der Waals surface area (Å²) in [5.41, 5.74) is -0.0316. The van der Waals surface area contributed by atoms with Gasteiger partial charge in [0.15, 0.2) is 0 Å². The Morgan fingerprint density at radius 1 is 1.24 bits per heavy atom. The summed E-state index contributed by atoms with van der Waals surface area (Å²) in [5, 5.41) is 9.36. The Labute approximate surface area is 123 Å². The summed E-state index contributed by atoms with van der Waals surface area (Å²) in [6, 6.07) is 2.73. The first-order chi connectivity index (χ1) is 9.95. The van der Waals surface area contributed by atoms with E-state index in [2.05, 4.69) is 15.7 Å². The van der Waals surface area contributed by atoms with Crippen LogP contribution in [-0.2, 0) is 11.3 Å². The Bertz CT molecular complexity index is 551. The summed E-state index contributed by atoms with van der Waals surface area (Å²) in [6.07, 6.45) is 0.763. The quantitative estimate of drug-likeness (QED) is 0.700. The molecule has 2 amide bonds. The number of carbonyl (C=O) groups is 2. The maximum Gasteiger partial charge on any atom is 0.271 e. The average molecular weight is 294 g/mol. The fourth-order valence-electron chi connectivity index (χ4n) is 1.60. The summed E-state index contributed by atoms with van der Waals surface area (Å²) in [4.78, 5) is 34.7. The van der Waals surface area contributed by atoms with Crippen molar-refractivity contribution >= 4 is 11.8 Å². The molecule has 0 saturated heterocycles. The van der Waals surface area contributed by atoms with Gasteiger partial charge < -0.3 is 10.6 Å². The van der Waals surface area contributed by atoms with Crippen molar-refractivity contribution in [2.24, 2.45) is 5.92 Å². The van der Waals surface area contributed by atoms with Crippen LogP contribution in [0.2, 0.25) is 0 Å². The van der Waals surface area contributed by atoms with Crippen molar-refractivity contribution in [1.29, 1.82) is 0 Å². The molecule has 0 saturated carbocycles. The summed E-state index contributed by atoms with van der Waals surface area (Å²) in [5.74, 6) is -0.502. The molecule has 0 spiro atoms. The van der Waals surface area contributed by atoms with Gasteiger partial charge in [-0.25, -0.2) is 4.68 Å². The molecule has 0 bridgehead atoms. The molecule has 0 aliphatic heterocycles. The maximum atomic E-state index is 11.9. The average Bonchev–Trinajstić information content (AvgIpc) is 2.45. The number of aromatic nitrogens is 2. The Kier molecular flexibility index (Phi) is 6.58. The number of amides is 2. The first-order valence-electron chi connectivity index (χ1n) is 7.09. The zero-order valence-electron chi connectivity index (χ0n) is 12.7. The predicted molar refractivity (Wildman–Crippen MR) is 79.0 cm³/mol. The molecule has 1 aromatic heterocycles. The van der Waals surface area contributed by atoms with Crippen molar-refractivity contribution in [3.8, 4) is 0 Å². The minimum Gasteiger partial charge on any atom is -0.354 e. The standard InChI is InChI=1S/C14H22N4O3/c1-4-9-18-12(19)6-5-11(17-18)14(21)16-8-7-15-13(20)10(2)3/h5-6,10H,4,7-9H2,1-3H3,(H,15,20)(H,16,21). The number of aryl methyl sites for hydroxylation is 1. The fraction of sp³-hybridized carbons (Fsp3) is 0.571. The van der Waals surface area contributed by atoms with Crippen molar-refractivity contribution in [2.75, 3.05) is 13.1 Å². The van der Waals surface area contributed by atoms with Gasteiger partial charge in [0.1, 0.15) is 5.69 Å². The highest BCUT2D eigenvalue weighted by Gasteiger charge is 2.09. The predicted octanol–water partition coefficient (Wildman–Crippen LogP) is 0.155. The van der Waals surface area contributed by atoms with E-state index in [1.165, 1.54) is 16.8 Å². The Balaban J connectivity index is 2.51. The van der Waals surface area contributed by atoms with Crippen molar-refractivity contribution in [1.82, 2.24) is 20.4 Å². The van der Waals surface area contributed by atoms with E-state index >= 15 is 0 Å². The Morgan fingerprint density at radius 2 is 1.90 bits per heavy atom. The van der Waals surface area contributed by atoms with Crippen LogP contribution in [0.3, 0.4) is 0 Å². The summed E-state index contributed by atoms with van der Waals surface area (Å²) in [7, 11) is 0. The molecular formula is C14H22N4O3. The van der Waals surface area contributed by atoms with E-state index in [-0.39, 0.29) is 29.0 Å². The summed E-state index contributed by atoms with van der Waals surface area (Å²) in [6.45, 7) is 6.68. The number of rotatable bonds is 7. The van der Waals surface area contributed by atoms with E-state index in [9.17, 15) is 14.4 Å². The Hall–Kier alpha value is -2.18. The smallest absolute Gasteiger partial charge is 0.271 e. The van der Waals surface area contributed by atoms with E-state index in [1.54, 1.807) is 13.8 Å². The van der Waals surface area contributed by atoms with Crippen LogP contribution >= 0.6 is 0 Å². The van der Waals surface area contributed by atoms with Gasteiger partial charge in [-0.3, -0.25) is 14.4 Å². The van der Waals surface area contributed by atoms with E-state index in [0.717, 1.165) is 6.42 Å². The first-order valence-corrected chi connectivity index (χ1v) is 7.09. The highest BCUT2D eigenvalue weighted by Crippen LogP contribution is 1.92. The topological polar surface area (TPSA) is 93.1 Å². The van der Waals surface area contributed by atoms with Gasteiger partial charge in [-0.1, -0.05) is 20.8 Å². The number of hydrogen-bond acceptors (Lipinski definition) is 4. The van der Waals surface area contributed by atoms with Crippen LogP contribution in [0.4, 0.5) is 0 Å². The SMILES string of the molecule is CCCn1nc(C(=O)NCCNC(=O)C(C)C)ccc1=O. The third-order valence-corrected chi connectivity index (χ3v) is 2.77. The molecular weight excluding hydrogens is 272 g/mol. The lowest BCUT2D eigenvalue weighted by Gasteiger charge is -2.09. The third-order valence-electron chi connectivity index (χ3n) is 2.77. The summed E-state index contributed by atoms with van der Waals surface area (Å²) < 4.78 is 1.27. The summed E-state index contributed by atoms with van der Waals surface area (Å²) >= 11 is 0. The third kappa shape index (κ3) is 5.37. The van der Waals surface area contributed by atoms with Crippen LogP contribution in [0, 0.1) is 5.92 Å². The molecule has 0 fully saturated rings. The minimum absolute atomic E-state index is 0.0566. The van der Waals surface area contributed by atoms with E-state index in [4.69, 9.17) is 0 Å². The van der Waals surface area contributed by atoms with Gasteiger partial charge in [0.05, 0.1) is 0 Å². The maximum absolute atomic E-state index is 11.9. The van der Waals surface area contributed by atoms with E-state index in [0.29, 0.717) is 19.6 Å². The van der Waals surface area contributed by atoms with E-state index in [1.807, 2.05) is 6.92 Å². The first kappa shape index (κ1) is 16.9. The van der Waals surface area contributed by atoms with Crippen molar-refractivity contribution in [2.45, 2.75) is 33.7 Å². The zero-order chi connectivity index (χ0) is 15.8. The molecule has 1 heterocycles. The normalized spacial score (nSPS) is 10.5. The van der Waals surface area contributed by atoms with Gasteiger partial charge in [0.25, 0.3) is 11.5 Å². The highest BCUT2D eigenvalue weighted by molar-refractivity contribution is 5.92. The second-order valence-electron chi connectivity index (χ2n) is 4.98. The number of hydrogen-bond donors (Lipinski definition) is 2. The van der Waals surface area contributed by atoms with Crippen LogP contribution in [0.15, 0.2) is 16.9 Å². The highest BCUT2D eigenvalue weighted by atomic mass is 16.2. The molecule has 7 heteroatoms. The number of carbonyl (C=O) groups excluding carboxylic acids is 2. The molecule has 0 aromatic carbocycles. The van der Waals surface area contributed by atoms with Crippen LogP contribution in [0.1, 0.15) is 37.7 Å². The monoisotopic (exact) mass is 294 g/mol. The van der Waals surface area contributed by atoms with Crippen LogP contribution in [-0.4, -0.2) is 34.7 Å².